The maximum Gasteiger partial charge on any atom is 0.242 e. The van der Waals surface area contributed by atoms with Gasteiger partial charge in [0.15, 0.2) is 0 Å². The molecule has 4 heteroatoms. The Labute approximate surface area is 128 Å². The monoisotopic (exact) mass is 294 g/mol. The Morgan fingerprint density at radius 1 is 1.19 bits per heavy atom. The summed E-state index contributed by atoms with van der Waals surface area (Å²) >= 11 is 0. The van der Waals surface area contributed by atoms with Crippen molar-refractivity contribution in [1.82, 2.24) is 10.2 Å². The number of carbonyl (C=O) groups excluding carboxylic acids is 2. The van der Waals surface area contributed by atoms with Crippen LogP contribution in [0.1, 0.15) is 65.2 Å². The second-order valence-corrected chi connectivity index (χ2v) is 6.71. The van der Waals surface area contributed by atoms with Crippen LogP contribution in [0.5, 0.6) is 0 Å². The zero-order valence-corrected chi connectivity index (χ0v) is 13.6. The molecule has 4 nitrogen and oxygen atoms in total. The molecule has 120 valence electrons. The minimum atomic E-state index is -0.217. The van der Waals surface area contributed by atoms with E-state index in [0.717, 1.165) is 45.2 Å². The van der Waals surface area contributed by atoms with Gasteiger partial charge in [0.2, 0.25) is 11.8 Å². The second kappa shape index (κ2) is 7.81. The zero-order valence-electron chi connectivity index (χ0n) is 13.6. The van der Waals surface area contributed by atoms with E-state index in [1.54, 1.807) is 0 Å². The molecular weight excluding hydrogens is 264 g/mol. The van der Waals surface area contributed by atoms with E-state index >= 15 is 0 Å². The Morgan fingerprint density at radius 2 is 1.95 bits per heavy atom. The maximum absolute atomic E-state index is 12.4. The second-order valence-electron chi connectivity index (χ2n) is 6.71. The molecule has 3 unspecified atom stereocenters. The van der Waals surface area contributed by atoms with Gasteiger partial charge in [0.05, 0.1) is 0 Å². The summed E-state index contributed by atoms with van der Waals surface area (Å²) in [5.74, 6) is 0.973. The number of piperidine rings is 1. The number of nitrogens with zero attached hydrogens (tertiary/aromatic N) is 1. The van der Waals surface area contributed by atoms with Crippen LogP contribution in [0.3, 0.4) is 0 Å². The summed E-state index contributed by atoms with van der Waals surface area (Å²) in [5.41, 5.74) is 0. The van der Waals surface area contributed by atoms with E-state index in [1.165, 1.54) is 19.3 Å². The lowest BCUT2D eigenvalue weighted by atomic mass is 10.0. The zero-order chi connectivity index (χ0) is 15.2. The van der Waals surface area contributed by atoms with Crippen molar-refractivity contribution in [2.45, 2.75) is 71.3 Å². The Kier molecular flexibility index (Phi) is 6.07. The van der Waals surface area contributed by atoms with Gasteiger partial charge in [-0.15, -0.1) is 0 Å². The normalized spacial score (nSPS) is 28.3. The van der Waals surface area contributed by atoms with E-state index in [9.17, 15) is 9.59 Å². The van der Waals surface area contributed by atoms with Gasteiger partial charge in [0.1, 0.15) is 6.04 Å². The number of nitrogens with one attached hydrogen (secondary N) is 1. The standard InChI is InChI=1S/C17H30N2O2/c1-3-4-5-7-10-18-16(20)15-9-6-8-11-19(15)17(21)14-12-13(14)2/h13-15H,3-12H2,1-2H3,(H,18,20). The molecule has 21 heavy (non-hydrogen) atoms. The summed E-state index contributed by atoms with van der Waals surface area (Å²) in [6.07, 6.45) is 8.56. The van der Waals surface area contributed by atoms with Crippen LogP contribution in [-0.2, 0) is 9.59 Å². The molecule has 0 aromatic carbocycles. The molecule has 1 aliphatic carbocycles. The van der Waals surface area contributed by atoms with Gasteiger partial charge < -0.3 is 10.2 Å². The molecule has 1 saturated carbocycles. The number of amides is 2. The van der Waals surface area contributed by atoms with Crippen molar-refractivity contribution in [2.75, 3.05) is 13.1 Å². The van der Waals surface area contributed by atoms with Crippen LogP contribution < -0.4 is 5.32 Å². The molecule has 0 bridgehead atoms. The first-order chi connectivity index (χ1) is 10.1. The van der Waals surface area contributed by atoms with Crippen LogP contribution in [0.15, 0.2) is 0 Å². The topological polar surface area (TPSA) is 49.4 Å². The molecule has 0 radical (unpaired) electrons. The molecule has 2 rings (SSSR count). The first-order valence-electron chi connectivity index (χ1n) is 8.73. The number of likely N-dealkylation sites (tertiary alicyclic amines) is 1. The highest BCUT2D eigenvalue weighted by molar-refractivity contribution is 5.89. The van der Waals surface area contributed by atoms with Gasteiger partial charge >= 0.3 is 0 Å². The van der Waals surface area contributed by atoms with Gasteiger partial charge in [-0.25, -0.2) is 0 Å². The lowest BCUT2D eigenvalue weighted by molar-refractivity contribution is -0.143. The van der Waals surface area contributed by atoms with Gasteiger partial charge in [0.25, 0.3) is 0 Å². The van der Waals surface area contributed by atoms with Gasteiger partial charge in [-0.05, 0) is 38.0 Å². The molecule has 1 N–H and O–H groups in total. The first kappa shape index (κ1) is 16.3. The number of unbranched alkanes of at least 4 members (excludes halogenated alkanes) is 3. The van der Waals surface area contributed by atoms with Crippen molar-refractivity contribution in [3.05, 3.63) is 0 Å². The van der Waals surface area contributed by atoms with E-state index in [1.807, 2.05) is 4.90 Å². The van der Waals surface area contributed by atoms with Crippen molar-refractivity contribution in [1.29, 1.82) is 0 Å². The Morgan fingerprint density at radius 3 is 2.62 bits per heavy atom. The van der Waals surface area contributed by atoms with Crippen LogP contribution in [0, 0.1) is 11.8 Å². The molecule has 2 amide bonds. The Balaban J connectivity index is 1.80. The van der Waals surface area contributed by atoms with Crippen molar-refractivity contribution >= 4 is 11.8 Å². The van der Waals surface area contributed by atoms with Crippen molar-refractivity contribution in [3.63, 3.8) is 0 Å². The Hall–Kier alpha value is -1.06. The third-order valence-electron chi connectivity index (χ3n) is 4.84. The van der Waals surface area contributed by atoms with E-state index in [4.69, 9.17) is 0 Å². The highest BCUT2D eigenvalue weighted by atomic mass is 16.2. The number of carbonyl (C=O) groups is 2. The number of hydrogen-bond donors (Lipinski definition) is 1. The smallest absolute Gasteiger partial charge is 0.242 e. The number of rotatable bonds is 7. The molecule has 0 aromatic rings. The van der Waals surface area contributed by atoms with Crippen molar-refractivity contribution in [2.24, 2.45) is 11.8 Å². The number of hydrogen-bond acceptors (Lipinski definition) is 2. The van der Waals surface area contributed by atoms with Crippen LogP contribution in [0.25, 0.3) is 0 Å². The quantitative estimate of drug-likeness (QED) is 0.734. The summed E-state index contributed by atoms with van der Waals surface area (Å²) in [4.78, 5) is 26.7. The minimum Gasteiger partial charge on any atom is -0.354 e. The van der Waals surface area contributed by atoms with Gasteiger partial charge in [-0.2, -0.15) is 0 Å². The van der Waals surface area contributed by atoms with Crippen LogP contribution in [0.2, 0.25) is 0 Å². The van der Waals surface area contributed by atoms with Crippen LogP contribution >= 0.6 is 0 Å². The average molecular weight is 294 g/mol. The summed E-state index contributed by atoms with van der Waals surface area (Å²) in [5, 5.41) is 3.03. The van der Waals surface area contributed by atoms with E-state index in [-0.39, 0.29) is 23.8 Å². The summed E-state index contributed by atoms with van der Waals surface area (Å²) < 4.78 is 0. The molecular formula is C17H30N2O2. The average Bonchev–Trinajstić information content (AvgIpc) is 3.23. The lowest BCUT2D eigenvalue weighted by Gasteiger charge is -2.35. The predicted molar refractivity (Wildman–Crippen MR) is 83.8 cm³/mol. The fraction of sp³-hybridized carbons (Fsp3) is 0.882. The SMILES string of the molecule is CCCCCCNC(=O)C1CCCCN1C(=O)C1CC1C. The van der Waals surface area contributed by atoms with E-state index in [2.05, 4.69) is 19.2 Å². The third-order valence-corrected chi connectivity index (χ3v) is 4.84. The highest BCUT2D eigenvalue weighted by Gasteiger charge is 2.44. The summed E-state index contributed by atoms with van der Waals surface area (Å²) in [7, 11) is 0. The van der Waals surface area contributed by atoms with Crippen molar-refractivity contribution in [3.8, 4) is 0 Å². The molecule has 3 atom stereocenters. The van der Waals surface area contributed by atoms with Gasteiger partial charge in [0, 0.05) is 19.0 Å². The summed E-state index contributed by atoms with van der Waals surface area (Å²) in [6.45, 7) is 5.81. The highest BCUT2D eigenvalue weighted by Crippen LogP contribution is 2.40. The molecule has 0 aromatic heterocycles. The van der Waals surface area contributed by atoms with E-state index in [0.29, 0.717) is 5.92 Å². The third kappa shape index (κ3) is 4.45. The van der Waals surface area contributed by atoms with Crippen LogP contribution in [0.4, 0.5) is 0 Å². The fourth-order valence-electron chi connectivity index (χ4n) is 3.23. The van der Waals surface area contributed by atoms with E-state index < -0.39 is 0 Å². The molecule has 2 fully saturated rings. The molecule has 2 aliphatic rings. The lowest BCUT2D eigenvalue weighted by Crippen LogP contribution is -2.52. The van der Waals surface area contributed by atoms with Gasteiger partial charge in [-0.3, -0.25) is 9.59 Å². The Bertz CT molecular complexity index is 370. The van der Waals surface area contributed by atoms with Crippen LogP contribution in [-0.4, -0.2) is 35.8 Å². The maximum atomic E-state index is 12.4. The molecule has 1 heterocycles. The largest absolute Gasteiger partial charge is 0.354 e. The molecule has 1 saturated heterocycles. The minimum absolute atomic E-state index is 0.0628. The van der Waals surface area contributed by atoms with Gasteiger partial charge in [-0.1, -0.05) is 33.1 Å². The van der Waals surface area contributed by atoms with Crippen molar-refractivity contribution < 1.29 is 9.59 Å². The molecule has 1 aliphatic heterocycles. The summed E-state index contributed by atoms with van der Waals surface area (Å²) in [6, 6.07) is -0.217. The first-order valence-corrected chi connectivity index (χ1v) is 8.73. The molecule has 0 spiro atoms. The fourth-order valence-corrected chi connectivity index (χ4v) is 3.23. The predicted octanol–water partition coefficient (Wildman–Crippen LogP) is 2.72.